The van der Waals surface area contributed by atoms with Crippen molar-refractivity contribution in [2.45, 2.75) is 24.0 Å². The summed E-state index contributed by atoms with van der Waals surface area (Å²) in [6.07, 6.45) is -3.12. The zero-order valence-corrected chi connectivity index (χ0v) is 29.5. The lowest BCUT2D eigenvalue weighted by molar-refractivity contribution is -0.535. The molecule has 1 aliphatic rings. The number of phenols is 4. The average Bonchev–Trinajstić information content (AvgIpc) is 3.04. The van der Waals surface area contributed by atoms with E-state index in [4.69, 9.17) is 0 Å². The van der Waals surface area contributed by atoms with Crippen LogP contribution in [0, 0.1) is 0 Å². The second-order valence-electron chi connectivity index (χ2n) is 14.2. The Labute approximate surface area is 290 Å². The molecule has 260 valence electrons. The molecular weight excluding hydrogens is 632 g/mol. The van der Waals surface area contributed by atoms with Crippen molar-refractivity contribution < 1.29 is 30.6 Å². The summed E-state index contributed by atoms with van der Waals surface area (Å²) in [5.41, 5.74) is 3.61. The lowest BCUT2D eigenvalue weighted by Crippen LogP contribution is -2.63. The molecule has 4 N–H and O–H groups in total. The number of hydrogen-bond donors (Lipinski definition) is 4. The van der Waals surface area contributed by atoms with Gasteiger partial charge in [0.15, 0.2) is 0 Å². The van der Waals surface area contributed by atoms with Crippen molar-refractivity contribution in [1.29, 1.82) is 0 Å². The van der Waals surface area contributed by atoms with Gasteiger partial charge < -0.3 is 50.2 Å². The fourth-order valence-corrected chi connectivity index (χ4v) is 8.42. The van der Waals surface area contributed by atoms with E-state index < -0.39 is 24.0 Å². The quantitative estimate of drug-likeness (QED) is 0.184. The summed E-state index contributed by atoms with van der Waals surface area (Å²) in [6.45, 7) is 0. The lowest BCUT2D eigenvalue weighted by atomic mass is 9.60. The van der Waals surface area contributed by atoms with Gasteiger partial charge in [-0.25, -0.2) is 0 Å². The average molecular weight is 675 g/mol. The Hall–Kier alpha value is -5.32. The number of aromatic hydroxyl groups is 4. The van der Waals surface area contributed by atoms with Gasteiger partial charge in [0, 0.05) is 111 Å². The van der Waals surface area contributed by atoms with Gasteiger partial charge in [-0.1, -0.05) is 24.3 Å². The number of rotatable bonds is 6. The molecule has 6 aromatic carbocycles. The number of hydrogen-bond acceptors (Lipinski definition) is 10. The molecule has 50 heavy (non-hydrogen) atoms. The molecule has 7 rings (SSSR count). The van der Waals surface area contributed by atoms with E-state index in [1.807, 2.05) is 100 Å². The first-order valence-electron chi connectivity index (χ1n) is 16.6. The zero-order valence-electron chi connectivity index (χ0n) is 29.5. The standard InChI is InChI=1S/C40H42N4O6/c1-41(2)21-15-17-25(47)31-29(21)38(44(7)8)30-22(42(3)4)16-18-26(48)32(30)34(31)36-39(49)35(40(36)50)33-27-19(11-9-13-23(27)45)37(43(5)6)20-12-10-14-24(46)28(20)33/h9-18,35-36,39-40,45-48H,1-8H3/q-2. The fourth-order valence-electron chi connectivity index (χ4n) is 8.42. The summed E-state index contributed by atoms with van der Waals surface area (Å²) in [4.78, 5) is 7.66. The molecule has 2 atom stereocenters. The Kier molecular flexibility index (Phi) is 7.73. The van der Waals surface area contributed by atoms with Crippen LogP contribution in [0.1, 0.15) is 23.0 Å². The Balaban J connectivity index is 1.60. The second kappa shape index (κ2) is 11.6. The van der Waals surface area contributed by atoms with Gasteiger partial charge in [-0.2, -0.15) is 0 Å². The summed E-state index contributed by atoms with van der Waals surface area (Å²) in [5.74, 6) is -2.76. The van der Waals surface area contributed by atoms with Crippen LogP contribution in [-0.2, 0) is 0 Å². The van der Waals surface area contributed by atoms with Crippen LogP contribution in [0.4, 0.5) is 22.7 Å². The van der Waals surface area contributed by atoms with Gasteiger partial charge in [0.2, 0.25) is 0 Å². The molecule has 0 heterocycles. The minimum absolute atomic E-state index is 0.0959. The largest absolute Gasteiger partial charge is 0.851 e. The van der Waals surface area contributed by atoms with E-state index >= 15 is 0 Å². The van der Waals surface area contributed by atoms with Gasteiger partial charge in [0.1, 0.15) is 23.0 Å². The monoisotopic (exact) mass is 674 g/mol. The molecule has 0 radical (unpaired) electrons. The summed E-state index contributed by atoms with van der Waals surface area (Å²) < 4.78 is 0. The van der Waals surface area contributed by atoms with E-state index in [0.717, 1.165) is 22.7 Å². The van der Waals surface area contributed by atoms with E-state index in [-0.39, 0.29) is 23.0 Å². The van der Waals surface area contributed by atoms with Crippen LogP contribution in [0.25, 0.3) is 43.1 Å². The highest BCUT2D eigenvalue weighted by atomic mass is 16.3. The van der Waals surface area contributed by atoms with Gasteiger partial charge >= 0.3 is 0 Å². The molecule has 2 unspecified atom stereocenters. The maximum absolute atomic E-state index is 15.0. The Morgan fingerprint density at radius 1 is 0.420 bits per heavy atom. The molecule has 0 aliphatic heterocycles. The van der Waals surface area contributed by atoms with Crippen molar-refractivity contribution in [3.63, 3.8) is 0 Å². The first kappa shape index (κ1) is 33.2. The van der Waals surface area contributed by atoms with Gasteiger partial charge in [0.25, 0.3) is 0 Å². The van der Waals surface area contributed by atoms with Crippen LogP contribution in [0.15, 0.2) is 60.7 Å². The van der Waals surface area contributed by atoms with Gasteiger partial charge in [0.05, 0.1) is 11.4 Å². The smallest absolute Gasteiger partial charge is 0.123 e. The lowest BCUT2D eigenvalue weighted by Gasteiger charge is -2.62. The maximum atomic E-state index is 15.0. The molecule has 0 aromatic heterocycles. The number of nitrogens with zero attached hydrogens (tertiary/aromatic N) is 4. The van der Waals surface area contributed by atoms with Crippen molar-refractivity contribution in [3.8, 4) is 23.0 Å². The minimum atomic E-state index is -1.56. The van der Waals surface area contributed by atoms with Crippen LogP contribution < -0.4 is 29.8 Å². The molecule has 6 aromatic rings. The van der Waals surface area contributed by atoms with Crippen molar-refractivity contribution >= 4 is 65.8 Å². The van der Waals surface area contributed by atoms with Crippen LogP contribution in [0.2, 0.25) is 0 Å². The van der Waals surface area contributed by atoms with Crippen molar-refractivity contribution in [1.82, 2.24) is 0 Å². The van der Waals surface area contributed by atoms with Crippen molar-refractivity contribution in [2.24, 2.45) is 0 Å². The summed E-state index contributed by atoms with van der Waals surface area (Å²) in [5, 5.41) is 80.0. The molecule has 0 saturated heterocycles. The predicted molar refractivity (Wildman–Crippen MR) is 200 cm³/mol. The molecule has 0 amide bonds. The molecule has 1 saturated carbocycles. The molecule has 1 aliphatic carbocycles. The van der Waals surface area contributed by atoms with Crippen LogP contribution in [0.5, 0.6) is 23.0 Å². The predicted octanol–water partition coefficient (Wildman–Crippen LogP) is 4.72. The summed E-state index contributed by atoms with van der Waals surface area (Å²) in [6, 6.07) is 16.9. The molecular formula is C40H42N4O6-2. The highest BCUT2D eigenvalue weighted by Gasteiger charge is 2.44. The normalized spacial score (nSPS) is 18.9. The van der Waals surface area contributed by atoms with E-state index in [2.05, 4.69) is 0 Å². The molecule has 1 fully saturated rings. The minimum Gasteiger partial charge on any atom is -0.851 e. The maximum Gasteiger partial charge on any atom is 0.123 e. The fraction of sp³-hybridized carbons (Fsp3) is 0.300. The summed E-state index contributed by atoms with van der Waals surface area (Å²) in [7, 11) is 15.1. The molecule has 10 heteroatoms. The number of phenolic OH excluding ortho intramolecular Hbond substituents is 4. The second-order valence-corrected chi connectivity index (χ2v) is 14.2. The number of benzene rings is 6. The van der Waals surface area contributed by atoms with E-state index in [1.54, 1.807) is 24.3 Å². The van der Waals surface area contributed by atoms with E-state index in [0.29, 0.717) is 54.2 Å². The highest BCUT2D eigenvalue weighted by molar-refractivity contribution is 6.24. The molecule has 0 bridgehead atoms. The van der Waals surface area contributed by atoms with Crippen molar-refractivity contribution in [3.05, 3.63) is 71.8 Å². The van der Waals surface area contributed by atoms with E-state index in [9.17, 15) is 30.6 Å². The first-order valence-corrected chi connectivity index (χ1v) is 16.6. The van der Waals surface area contributed by atoms with Gasteiger partial charge in [-0.05, 0) is 59.4 Å². The van der Waals surface area contributed by atoms with Crippen LogP contribution in [0.3, 0.4) is 0 Å². The zero-order chi connectivity index (χ0) is 36.1. The number of fused-ring (bicyclic) bond motifs is 4. The summed E-state index contributed by atoms with van der Waals surface area (Å²) >= 11 is 0. The van der Waals surface area contributed by atoms with E-state index in [1.165, 1.54) is 12.1 Å². The van der Waals surface area contributed by atoms with Gasteiger partial charge in [-0.3, -0.25) is 0 Å². The van der Waals surface area contributed by atoms with Crippen molar-refractivity contribution in [2.75, 3.05) is 76.0 Å². The Morgan fingerprint density at radius 2 is 0.780 bits per heavy atom. The molecule has 0 spiro atoms. The molecule has 10 nitrogen and oxygen atoms in total. The van der Waals surface area contributed by atoms with Crippen LogP contribution in [-0.4, -0.2) is 89.0 Å². The third-order valence-corrected chi connectivity index (χ3v) is 10.4. The third-order valence-electron chi connectivity index (χ3n) is 10.4. The third kappa shape index (κ3) is 4.48. The topological polar surface area (TPSA) is 140 Å². The Bertz CT molecular complexity index is 2200. The first-order chi connectivity index (χ1) is 23.7. The SMILES string of the molecule is CN(C)c1c2cccc(O)c2c(C2C([O-])C(c3c4c(O)ccc(N(C)C)c4c(N(C)C)c4c(N(C)C)ccc(O)c34)C2[O-])c2c(O)cccc12. The highest BCUT2D eigenvalue weighted by Crippen LogP contribution is 2.59. The Morgan fingerprint density at radius 3 is 1.14 bits per heavy atom. The van der Waals surface area contributed by atoms with Gasteiger partial charge in [-0.15, -0.1) is 12.2 Å². The number of anilines is 4. The van der Waals surface area contributed by atoms with Crippen LogP contribution >= 0.6 is 0 Å².